The van der Waals surface area contributed by atoms with Gasteiger partial charge in [-0.3, -0.25) is 19.6 Å². The quantitative estimate of drug-likeness (QED) is 0.262. The van der Waals surface area contributed by atoms with E-state index >= 15 is 0 Å². The number of likely N-dealkylation sites (N-methyl/N-ethyl adjacent to an activating group) is 2. The summed E-state index contributed by atoms with van der Waals surface area (Å²) in [5, 5.41) is 11.3. The predicted molar refractivity (Wildman–Crippen MR) is 111 cm³/mol. The highest BCUT2D eigenvalue weighted by atomic mass is 16.5. The van der Waals surface area contributed by atoms with E-state index in [0.717, 1.165) is 16.2 Å². The van der Waals surface area contributed by atoms with E-state index in [2.05, 4.69) is 17.2 Å². The van der Waals surface area contributed by atoms with Crippen LogP contribution in [0, 0.1) is 11.8 Å². The molecule has 164 valence electrons. The number of benzene rings is 1. The second kappa shape index (κ2) is 10.4. The summed E-state index contributed by atoms with van der Waals surface area (Å²) in [7, 11) is 4.26. The minimum absolute atomic E-state index is 0.249. The molecule has 0 saturated heterocycles. The normalized spacial score (nSPS) is 12.2. The second-order valence-electron chi connectivity index (χ2n) is 6.83. The van der Waals surface area contributed by atoms with Crippen molar-refractivity contribution in [3.63, 3.8) is 0 Å². The average molecular weight is 427 g/mol. The summed E-state index contributed by atoms with van der Waals surface area (Å²) in [4.78, 5) is 38.1. The first-order valence-corrected chi connectivity index (χ1v) is 9.41. The van der Waals surface area contributed by atoms with Gasteiger partial charge in [-0.25, -0.2) is 5.48 Å². The van der Waals surface area contributed by atoms with E-state index < -0.39 is 23.3 Å². The summed E-state index contributed by atoms with van der Waals surface area (Å²) >= 11 is 0. The fourth-order valence-corrected chi connectivity index (χ4v) is 2.78. The van der Waals surface area contributed by atoms with Gasteiger partial charge in [-0.2, -0.15) is 0 Å². The smallest absolute Gasteiger partial charge is 0.278 e. The lowest BCUT2D eigenvalue weighted by Crippen LogP contribution is -2.64. The van der Waals surface area contributed by atoms with Gasteiger partial charge in [-0.05, 0) is 37.3 Å². The molecule has 3 N–H and O–H groups in total. The van der Waals surface area contributed by atoms with Crippen LogP contribution in [0.4, 0.5) is 0 Å². The molecule has 1 atom stereocenters. The van der Waals surface area contributed by atoms with Crippen molar-refractivity contribution in [1.29, 1.82) is 0 Å². The molecule has 0 unspecified atom stereocenters. The fourth-order valence-electron chi connectivity index (χ4n) is 2.78. The monoisotopic (exact) mass is 427 g/mol. The van der Waals surface area contributed by atoms with E-state index in [9.17, 15) is 14.4 Å². The van der Waals surface area contributed by atoms with E-state index in [0.29, 0.717) is 18.6 Å². The van der Waals surface area contributed by atoms with Crippen LogP contribution in [0.5, 0.6) is 0 Å². The summed E-state index contributed by atoms with van der Waals surface area (Å²) in [6.07, 6.45) is 2.22. The minimum atomic E-state index is -1.94. The molecule has 2 rings (SSSR count). The molecule has 0 aliphatic heterocycles. The van der Waals surface area contributed by atoms with Gasteiger partial charge in [-0.1, -0.05) is 11.8 Å². The largest absolute Gasteiger partial charge is 0.468 e. The van der Waals surface area contributed by atoms with Crippen molar-refractivity contribution in [2.24, 2.45) is 0 Å². The van der Waals surface area contributed by atoms with Gasteiger partial charge in [0.2, 0.25) is 0 Å². The zero-order valence-electron chi connectivity index (χ0n) is 17.8. The molecule has 1 aromatic heterocycles. The van der Waals surface area contributed by atoms with Crippen LogP contribution < -0.4 is 10.8 Å². The lowest BCUT2D eigenvalue weighted by molar-refractivity contribution is -0.148. The molecule has 31 heavy (non-hydrogen) atoms. The summed E-state index contributed by atoms with van der Waals surface area (Å²) in [5.41, 5.74) is 1.13. The van der Waals surface area contributed by atoms with E-state index in [-0.39, 0.29) is 5.56 Å². The van der Waals surface area contributed by atoms with Crippen molar-refractivity contribution in [2.75, 3.05) is 27.8 Å². The van der Waals surface area contributed by atoms with E-state index in [1.165, 1.54) is 26.5 Å². The fraction of sp³-hybridized carbons (Fsp3) is 0.318. The molecule has 0 aliphatic rings. The third-order valence-corrected chi connectivity index (χ3v) is 4.88. The number of hydroxylamine groups is 1. The molecular weight excluding hydrogens is 402 g/mol. The van der Waals surface area contributed by atoms with Crippen LogP contribution >= 0.6 is 0 Å². The van der Waals surface area contributed by atoms with Crippen LogP contribution in [0.3, 0.4) is 0 Å². The molecule has 0 saturated carbocycles. The third-order valence-electron chi connectivity index (χ3n) is 4.88. The summed E-state index contributed by atoms with van der Waals surface area (Å²) in [6, 6.07) is 8.24. The van der Waals surface area contributed by atoms with Gasteiger partial charge in [0, 0.05) is 38.8 Å². The number of nitrogens with zero attached hydrogens (tertiary/aromatic N) is 1. The minimum Gasteiger partial charge on any atom is -0.468 e. The number of hydrogen-bond donors (Lipinski definition) is 3. The highest BCUT2D eigenvalue weighted by molar-refractivity contribution is 6.12. The molecule has 0 fully saturated rings. The van der Waals surface area contributed by atoms with Gasteiger partial charge >= 0.3 is 0 Å². The number of hydrogen-bond acceptors (Lipinski definition) is 6. The predicted octanol–water partition coefficient (Wildman–Crippen LogP) is 0.950. The molecule has 9 nitrogen and oxygen atoms in total. The molecule has 2 aromatic rings. The van der Waals surface area contributed by atoms with Crippen LogP contribution in [0.2, 0.25) is 0 Å². The number of nitrogens with one attached hydrogen (secondary N) is 2. The Bertz CT molecular complexity index is 984. The standard InChI is InChI=1S/C22H25N3O6/c1-22(20(27)23-2,21(28)24-29)25(3)19(26)17-9-7-15(8-10-17)5-6-16-13-18(31-14-16)11-12-30-4/h7-10,13-14,29H,11-12H2,1-4H3,(H,23,27)(H,24,28)/t22-/m0/s1. The molecule has 0 radical (unpaired) electrons. The SMILES string of the molecule is CNC(=O)[C@@](C)(C(=O)NO)N(C)C(=O)c1ccc(C#Cc2coc(CCOC)c2)cc1. The maximum absolute atomic E-state index is 12.8. The Labute approximate surface area is 180 Å². The van der Waals surface area contributed by atoms with Crippen molar-refractivity contribution in [1.82, 2.24) is 15.7 Å². The molecule has 3 amide bonds. The maximum atomic E-state index is 12.8. The van der Waals surface area contributed by atoms with Crippen LogP contribution in [0.15, 0.2) is 41.0 Å². The van der Waals surface area contributed by atoms with Crippen molar-refractivity contribution in [3.05, 3.63) is 59.0 Å². The topological polar surface area (TPSA) is 121 Å². The third kappa shape index (κ3) is 5.31. The highest BCUT2D eigenvalue weighted by Crippen LogP contribution is 2.18. The van der Waals surface area contributed by atoms with E-state index in [4.69, 9.17) is 14.4 Å². The highest BCUT2D eigenvalue weighted by Gasteiger charge is 2.47. The lowest BCUT2D eigenvalue weighted by atomic mass is 9.96. The zero-order valence-corrected chi connectivity index (χ0v) is 17.8. The lowest BCUT2D eigenvalue weighted by Gasteiger charge is -2.34. The zero-order chi connectivity index (χ0) is 23.0. The molecule has 0 spiro atoms. The Balaban J connectivity index is 2.17. The number of ether oxygens (including phenoxy) is 1. The first kappa shape index (κ1) is 23.7. The number of carbonyl (C=O) groups excluding carboxylic acids is 3. The van der Waals surface area contributed by atoms with E-state index in [1.807, 2.05) is 6.07 Å². The van der Waals surface area contributed by atoms with Gasteiger partial charge in [0.05, 0.1) is 12.2 Å². The maximum Gasteiger partial charge on any atom is 0.278 e. The molecule has 1 heterocycles. The summed E-state index contributed by atoms with van der Waals surface area (Å²) < 4.78 is 10.4. The van der Waals surface area contributed by atoms with Crippen LogP contribution in [0.25, 0.3) is 0 Å². The van der Waals surface area contributed by atoms with Gasteiger partial charge in [0.25, 0.3) is 17.7 Å². The van der Waals surface area contributed by atoms with Gasteiger partial charge in [-0.15, -0.1) is 0 Å². The van der Waals surface area contributed by atoms with Gasteiger partial charge < -0.3 is 19.4 Å². The molecule has 1 aromatic carbocycles. The Hall–Kier alpha value is -3.61. The van der Waals surface area contributed by atoms with Crippen molar-refractivity contribution in [2.45, 2.75) is 18.9 Å². The Morgan fingerprint density at radius 3 is 2.39 bits per heavy atom. The average Bonchev–Trinajstić information content (AvgIpc) is 3.26. The van der Waals surface area contributed by atoms with E-state index in [1.54, 1.807) is 37.6 Å². The molecule has 9 heteroatoms. The van der Waals surface area contributed by atoms with Gasteiger partial charge in [0.15, 0.2) is 5.54 Å². The number of furan rings is 1. The van der Waals surface area contributed by atoms with Crippen LogP contribution in [-0.2, 0) is 20.7 Å². The Kier molecular flexibility index (Phi) is 7.96. The first-order chi connectivity index (χ1) is 14.8. The molecule has 0 aliphatic carbocycles. The number of carbonyl (C=O) groups is 3. The van der Waals surface area contributed by atoms with Crippen LogP contribution in [-0.4, -0.2) is 61.2 Å². The molecular formula is C22H25N3O6. The van der Waals surface area contributed by atoms with Crippen molar-refractivity contribution < 1.29 is 28.7 Å². The van der Waals surface area contributed by atoms with Crippen LogP contribution in [0.1, 0.15) is 34.2 Å². The van der Waals surface area contributed by atoms with Crippen molar-refractivity contribution in [3.8, 4) is 11.8 Å². The summed E-state index contributed by atoms with van der Waals surface area (Å²) in [5.74, 6) is 4.39. The van der Waals surface area contributed by atoms with Gasteiger partial charge in [0.1, 0.15) is 12.0 Å². The first-order valence-electron chi connectivity index (χ1n) is 9.41. The number of methoxy groups -OCH3 is 1. The second-order valence-corrected chi connectivity index (χ2v) is 6.83. The Morgan fingerprint density at radius 2 is 1.81 bits per heavy atom. The summed E-state index contributed by atoms with van der Waals surface area (Å²) in [6.45, 7) is 1.80. The molecule has 0 bridgehead atoms. The Morgan fingerprint density at radius 1 is 1.16 bits per heavy atom. The van der Waals surface area contributed by atoms with Crippen molar-refractivity contribution >= 4 is 17.7 Å². The number of rotatable bonds is 7. The number of amides is 3.